The molecule has 34 heavy (non-hydrogen) atoms. The Bertz CT molecular complexity index is 1210. The molecular weight excluding hydrogens is 426 g/mol. The average Bonchev–Trinajstić information content (AvgIpc) is 3.20. The van der Waals surface area contributed by atoms with Crippen molar-refractivity contribution < 1.29 is 4.79 Å². The highest BCUT2D eigenvalue weighted by Crippen LogP contribution is 2.37. The maximum atomic E-state index is 12.9. The van der Waals surface area contributed by atoms with E-state index in [1.807, 2.05) is 48.6 Å². The highest BCUT2D eigenvalue weighted by Gasteiger charge is 2.34. The monoisotopic (exact) mass is 457 g/mol. The highest BCUT2D eigenvalue weighted by atomic mass is 16.1. The van der Waals surface area contributed by atoms with Crippen molar-refractivity contribution in [2.45, 2.75) is 26.7 Å². The summed E-state index contributed by atoms with van der Waals surface area (Å²) < 4.78 is 0. The number of piperazine rings is 1. The first kappa shape index (κ1) is 22.3. The van der Waals surface area contributed by atoms with E-state index in [2.05, 4.69) is 46.2 Å². The number of aromatic amines is 1. The Morgan fingerprint density at radius 3 is 2.56 bits per heavy atom. The van der Waals surface area contributed by atoms with Crippen molar-refractivity contribution in [3.8, 4) is 0 Å². The molecule has 2 aliphatic rings. The molecule has 0 atom stereocenters. The molecule has 3 heterocycles. The van der Waals surface area contributed by atoms with E-state index < -0.39 is 0 Å². The first-order chi connectivity index (χ1) is 16.4. The molecule has 3 aromatic rings. The Morgan fingerprint density at radius 1 is 1.03 bits per heavy atom. The number of rotatable bonds is 5. The van der Waals surface area contributed by atoms with Gasteiger partial charge >= 0.3 is 0 Å². The zero-order chi connectivity index (χ0) is 23.7. The minimum atomic E-state index is -0.0627. The molecule has 1 aliphatic carbocycles. The van der Waals surface area contributed by atoms with E-state index in [-0.39, 0.29) is 11.2 Å². The third kappa shape index (κ3) is 4.87. The number of hydrogen-bond acceptors (Lipinski definition) is 7. The number of ketones is 1. The summed E-state index contributed by atoms with van der Waals surface area (Å²) in [5, 5.41) is 10.8. The van der Waals surface area contributed by atoms with Gasteiger partial charge in [-0.1, -0.05) is 50.3 Å². The molecule has 0 unspecified atom stereocenters. The van der Waals surface area contributed by atoms with Gasteiger partial charge in [-0.15, -0.1) is 0 Å². The van der Waals surface area contributed by atoms with E-state index in [1.54, 1.807) is 0 Å². The van der Waals surface area contributed by atoms with Crippen molar-refractivity contribution in [1.82, 2.24) is 25.1 Å². The molecule has 8 nitrogen and oxygen atoms in total. The fourth-order valence-electron chi connectivity index (χ4n) is 4.61. The topological polar surface area (TPSA) is 90.0 Å². The van der Waals surface area contributed by atoms with Crippen LogP contribution in [0.3, 0.4) is 0 Å². The number of anilines is 3. The van der Waals surface area contributed by atoms with Crippen molar-refractivity contribution >= 4 is 35.4 Å². The average molecular weight is 458 g/mol. The number of aromatic nitrogens is 4. The van der Waals surface area contributed by atoms with E-state index >= 15 is 0 Å². The largest absolute Gasteiger partial charge is 0.354 e. The summed E-state index contributed by atoms with van der Waals surface area (Å²) in [4.78, 5) is 27.0. The van der Waals surface area contributed by atoms with E-state index in [4.69, 9.17) is 9.97 Å². The first-order valence-corrected chi connectivity index (χ1v) is 11.8. The summed E-state index contributed by atoms with van der Waals surface area (Å²) in [5.41, 5.74) is 2.56. The molecule has 5 rings (SSSR count). The summed E-state index contributed by atoms with van der Waals surface area (Å²) in [6.45, 7) is 8.00. The number of hydrogen-bond donors (Lipinski definition) is 2. The maximum Gasteiger partial charge on any atom is 0.169 e. The number of nitrogens with one attached hydrogen (secondary N) is 2. The van der Waals surface area contributed by atoms with Crippen molar-refractivity contribution in [3.05, 3.63) is 59.0 Å². The molecule has 0 amide bonds. The highest BCUT2D eigenvalue weighted by molar-refractivity contribution is 6.03. The first-order valence-electron chi connectivity index (χ1n) is 11.8. The van der Waals surface area contributed by atoms with E-state index in [1.165, 1.54) is 0 Å². The van der Waals surface area contributed by atoms with Crippen LogP contribution in [0.1, 0.15) is 47.7 Å². The van der Waals surface area contributed by atoms with Crippen molar-refractivity contribution in [1.29, 1.82) is 0 Å². The van der Waals surface area contributed by atoms with Crippen LogP contribution in [0.4, 0.5) is 17.5 Å². The lowest BCUT2D eigenvalue weighted by Crippen LogP contribution is -2.44. The minimum Gasteiger partial charge on any atom is -0.354 e. The molecular formula is C26H31N7O. The second-order valence-corrected chi connectivity index (χ2v) is 10.00. The van der Waals surface area contributed by atoms with Crippen LogP contribution in [-0.2, 0) is 6.42 Å². The number of H-pyrrole nitrogens is 1. The zero-order valence-electron chi connectivity index (χ0n) is 20.0. The fourth-order valence-corrected chi connectivity index (χ4v) is 4.61. The van der Waals surface area contributed by atoms with Crippen molar-refractivity contribution in [2.24, 2.45) is 5.41 Å². The molecule has 8 heteroatoms. The number of nitrogens with zero attached hydrogens (tertiary/aromatic N) is 5. The Morgan fingerprint density at radius 2 is 1.79 bits per heavy atom. The standard InChI is InChI=1S/C26H31N7O/c1-26(2)16-19-24(20(34)17-26)25(31-30-19)29-22-15-23(33-13-11-32(3)12-14-33)28-21(27-22)10-9-18-7-5-4-6-8-18/h4-10,15H,11-14,16-17H2,1-3H3,(H2,27,28,29,30,31)/b10-9+. The van der Waals surface area contributed by atoms with Gasteiger partial charge in [-0.05, 0) is 30.5 Å². The van der Waals surface area contributed by atoms with Gasteiger partial charge in [0.05, 0.1) is 5.56 Å². The van der Waals surface area contributed by atoms with E-state index in [0.717, 1.165) is 49.7 Å². The second kappa shape index (κ2) is 9.02. The molecule has 1 saturated heterocycles. The lowest BCUT2D eigenvalue weighted by atomic mass is 9.76. The summed E-state index contributed by atoms with van der Waals surface area (Å²) >= 11 is 0. The van der Waals surface area contributed by atoms with Gasteiger partial charge in [0.2, 0.25) is 0 Å². The molecule has 1 aliphatic heterocycles. The zero-order valence-corrected chi connectivity index (χ0v) is 20.0. The molecule has 0 bridgehead atoms. The van der Waals surface area contributed by atoms with E-state index in [9.17, 15) is 4.79 Å². The smallest absolute Gasteiger partial charge is 0.169 e. The van der Waals surface area contributed by atoms with Crippen LogP contribution in [0.5, 0.6) is 0 Å². The Balaban J connectivity index is 1.47. The van der Waals surface area contributed by atoms with Gasteiger partial charge in [-0.3, -0.25) is 9.89 Å². The number of carbonyl (C=O) groups is 1. The van der Waals surface area contributed by atoms with Crippen LogP contribution in [0, 0.1) is 5.41 Å². The normalized spacial score (nSPS) is 18.3. The van der Waals surface area contributed by atoms with Crippen LogP contribution in [0.15, 0.2) is 36.4 Å². The Kier molecular flexibility index (Phi) is 5.91. The number of benzene rings is 1. The molecule has 0 spiro atoms. The van der Waals surface area contributed by atoms with Gasteiger partial charge < -0.3 is 15.1 Å². The summed E-state index contributed by atoms with van der Waals surface area (Å²) in [5.74, 6) is 2.76. The van der Waals surface area contributed by atoms with Gasteiger partial charge in [0.1, 0.15) is 11.6 Å². The summed E-state index contributed by atoms with van der Waals surface area (Å²) in [7, 11) is 2.14. The molecule has 1 fully saturated rings. The van der Waals surface area contributed by atoms with Gasteiger partial charge in [0, 0.05) is 44.4 Å². The number of fused-ring (bicyclic) bond motifs is 1. The third-order valence-electron chi connectivity index (χ3n) is 6.44. The molecule has 0 saturated carbocycles. The fraction of sp³-hybridized carbons (Fsp3) is 0.385. The molecule has 1 aromatic carbocycles. The molecule has 2 aromatic heterocycles. The van der Waals surface area contributed by atoms with E-state index in [0.29, 0.717) is 29.4 Å². The van der Waals surface area contributed by atoms with Crippen LogP contribution >= 0.6 is 0 Å². The predicted molar refractivity (Wildman–Crippen MR) is 135 cm³/mol. The Hall–Kier alpha value is -3.52. The molecule has 0 radical (unpaired) electrons. The lowest BCUT2D eigenvalue weighted by Gasteiger charge is -2.33. The van der Waals surface area contributed by atoms with Gasteiger partial charge in [0.15, 0.2) is 17.4 Å². The number of likely N-dealkylation sites (N-methyl/N-ethyl adjacent to an activating group) is 1. The van der Waals surface area contributed by atoms with Crippen LogP contribution in [-0.4, -0.2) is 64.1 Å². The minimum absolute atomic E-state index is 0.0627. The number of Topliss-reactive ketones (excluding diaryl/α,β-unsaturated/α-hetero) is 1. The summed E-state index contributed by atoms with van der Waals surface area (Å²) in [6.07, 6.45) is 5.24. The third-order valence-corrected chi connectivity index (χ3v) is 6.44. The predicted octanol–water partition coefficient (Wildman–Crippen LogP) is 4.02. The van der Waals surface area contributed by atoms with Crippen molar-refractivity contribution in [3.63, 3.8) is 0 Å². The Labute approximate surface area is 200 Å². The quantitative estimate of drug-likeness (QED) is 0.598. The van der Waals surface area contributed by atoms with Crippen LogP contribution < -0.4 is 10.2 Å². The molecule has 176 valence electrons. The van der Waals surface area contributed by atoms with Crippen LogP contribution in [0.2, 0.25) is 0 Å². The maximum absolute atomic E-state index is 12.9. The van der Waals surface area contributed by atoms with Gasteiger partial charge in [-0.2, -0.15) is 5.10 Å². The van der Waals surface area contributed by atoms with Crippen LogP contribution in [0.25, 0.3) is 12.2 Å². The SMILES string of the molecule is CN1CCN(c2cc(Nc3n[nH]c4c3C(=O)CC(C)(C)C4)nc(/C=C/c3ccccc3)n2)CC1. The van der Waals surface area contributed by atoms with Crippen molar-refractivity contribution in [2.75, 3.05) is 43.4 Å². The van der Waals surface area contributed by atoms with Gasteiger partial charge in [-0.25, -0.2) is 9.97 Å². The van der Waals surface area contributed by atoms with Gasteiger partial charge in [0.25, 0.3) is 0 Å². The lowest BCUT2D eigenvalue weighted by molar-refractivity contribution is 0.0912. The second-order valence-electron chi connectivity index (χ2n) is 10.00. The summed E-state index contributed by atoms with van der Waals surface area (Å²) in [6, 6.07) is 12.0. The molecule has 2 N–H and O–H groups in total. The number of carbonyl (C=O) groups excluding carboxylic acids is 1.